The lowest BCUT2D eigenvalue weighted by atomic mass is 10.0. The molecule has 1 aliphatic rings. The maximum Gasteiger partial charge on any atom is 0.240 e. The Hall–Kier alpha value is -2.05. The van der Waals surface area contributed by atoms with Crippen molar-refractivity contribution >= 4 is 17.5 Å². The maximum absolute atomic E-state index is 13.6. The van der Waals surface area contributed by atoms with Crippen LogP contribution in [0.2, 0.25) is 0 Å². The first-order valence-corrected chi connectivity index (χ1v) is 7.65. The highest BCUT2D eigenvalue weighted by molar-refractivity contribution is 6.13. The van der Waals surface area contributed by atoms with Crippen LogP contribution in [-0.2, 0) is 9.59 Å². The van der Waals surface area contributed by atoms with E-state index in [-0.39, 0.29) is 0 Å². The van der Waals surface area contributed by atoms with Crippen molar-refractivity contribution in [3.63, 3.8) is 0 Å². The highest BCUT2D eigenvalue weighted by Crippen LogP contribution is 2.47. The van der Waals surface area contributed by atoms with Crippen molar-refractivity contribution in [2.45, 2.75) is 39.0 Å². The average Bonchev–Trinajstić information content (AvgIpc) is 3.34. The number of carbonyl (C=O) groups excluding carboxylic acids is 2. The normalized spacial score (nSPS) is 15.1. The van der Waals surface area contributed by atoms with E-state index in [0.717, 1.165) is 31.4 Å². The van der Waals surface area contributed by atoms with E-state index < -0.39 is 40.4 Å². The molecule has 126 valence electrons. The van der Waals surface area contributed by atoms with Crippen LogP contribution < -0.4 is 10.6 Å². The molecule has 23 heavy (non-hydrogen) atoms. The highest BCUT2D eigenvalue weighted by atomic mass is 19.2. The van der Waals surface area contributed by atoms with Crippen LogP contribution in [0.3, 0.4) is 0 Å². The van der Waals surface area contributed by atoms with E-state index in [1.807, 2.05) is 6.92 Å². The van der Waals surface area contributed by atoms with Crippen LogP contribution in [-0.4, -0.2) is 18.4 Å². The molecular weight excluding hydrogens is 309 g/mol. The van der Waals surface area contributed by atoms with Gasteiger partial charge in [0.15, 0.2) is 17.5 Å². The summed E-state index contributed by atoms with van der Waals surface area (Å²) in [5.41, 5.74) is -1.71. The molecule has 0 spiro atoms. The smallest absolute Gasteiger partial charge is 0.240 e. The number of nitrogens with one attached hydrogen (secondary N) is 2. The van der Waals surface area contributed by atoms with Crippen molar-refractivity contribution in [1.82, 2.24) is 5.32 Å². The number of carbonyl (C=O) groups is 2. The molecule has 1 aromatic rings. The van der Waals surface area contributed by atoms with Crippen molar-refractivity contribution in [2.24, 2.45) is 5.41 Å². The summed E-state index contributed by atoms with van der Waals surface area (Å²) in [6.07, 6.45) is 3.50. The van der Waals surface area contributed by atoms with Gasteiger partial charge < -0.3 is 10.6 Å². The van der Waals surface area contributed by atoms with Crippen LogP contribution in [0.25, 0.3) is 0 Å². The molecule has 0 bridgehead atoms. The summed E-state index contributed by atoms with van der Waals surface area (Å²) < 4.78 is 39.6. The van der Waals surface area contributed by atoms with Crippen LogP contribution in [0.5, 0.6) is 0 Å². The minimum atomic E-state index is -1.66. The molecule has 1 aromatic carbocycles. The molecule has 0 aliphatic heterocycles. The molecule has 0 radical (unpaired) electrons. The zero-order valence-electron chi connectivity index (χ0n) is 12.8. The summed E-state index contributed by atoms with van der Waals surface area (Å²) in [4.78, 5) is 24.3. The Labute approximate surface area is 132 Å². The molecule has 2 rings (SSSR count). The first-order valence-electron chi connectivity index (χ1n) is 7.65. The van der Waals surface area contributed by atoms with Gasteiger partial charge in [-0.3, -0.25) is 9.59 Å². The number of unbranched alkanes of at least 4 members (excludes halogenated alkanes) is 2. The lowest BCUT2D eigenvalue weighted by molar-refractivity contribution is -0.134. The van der Waals surface area contributed by atoms with Gasteiger partial charge in [-0.1, -0.05) is 19.8 Å². The quantitative estimate of drug-likeness (QED) is 0.459. The SMILES string of the molecule is CCCCCNC(=O)C1(C(=O)Nc2ccc(F)c(F)c2F)CC1. The van der Waals surface area contributed by atoms with Crippen molar-refractivity contribution in [2.75, 3.05) is 11.9 Å². The molecule has 0 aromatic heterocycles. The van der Waals surface area contributed by atoms with Crippen molar-refractivity contribution in [3.05, 3.63) is 29.6 Å². The predicted octanol–water partition coefficient (Wildman–Crippen LogP) is 3.13. The van der Waals surface area contributed by atoms with Gasteiger partial charge in [-0.2, -0.15) is 0 Å². The fraction of sp³-hybridized carbons (Fsp3) is 0.500. The van der Waals surface area contributed by atoms with E-state index in [1.165, 1.54) is 0 Å². The molecule has 1 fully saturated rings. The number of benzene rings is 1. The van der Waals surface area contributed by atoms with Crippen LogP contribution >= 0.6 is 0 Å². The first-order chi connectivity index (χ1) is 10.9. The Morgan fingerprint density at radius 2 is 1.78 bits per heavy atom. The monoisotopic (exact) mass is 328 g/mol. The van der Waals surface area contributed by atoms with E-state index in [9.17, 15) is 22.8 Å². The topological polar surface area (TPSA) is 58.2 Å². The molecule has 2 N–H and O–H groups in total. The molecule has 1 aliphatic carbocycles. The molecule has 4 nitrogen and oxygen atoms in total. The van der Waals surface area contributed by atoms with Crippen LogP contribution in [0.1, 0.15) is 39.0 Å². The van der Waals surface area contributed by atoms with E-state index in [0.29, 0.717) is 19.4 Å². The standard InChI is InChI=1S/C16H19F3N2O2/c1-2-3-4-9-20-14(22)16(7-8-16)15(23)21-11-6-5-10(17)12(18)13(11)19/h5-6H,2-4,7-9H2,1H3,(H,20,22)(H,21,23). The Kier molecular flexibility index (Phi) is 5.28. The Bertz CT molecular complexity index is 616. The molecule has 0 unspecified atom stereocenters. The van der Waals surface area contributed by atoms with Gasteiger partial charge >= 0.3 is 0 Å². The summed E-state index contributed by atoms with van der Waals surface area (Å²) in [6, 6.07) is 1.65. The van der Waals surface area contributed by atoms with Crippen molar-refractivity contribution in [3.8, 4) is 0 Å². The minimum absolute atomic E-state index is 0.351. The zero-order valence-corrected chi connectivity index (χ0v) is 12.8. The van der Waals surface area contributed by atoms with E-state index in [4.69, 9.17) is 0 Å². The van der Waals surface area contributed by atoms with Gasteiger partial charge in [-0.15, -0.1) is 0 Å². The van der Waals surface area contributed by atoms with E-state index in [2.05, 4.69) is 10.6 Å². The van der Waals surface area contributed by atoms with Gasteiger partial charge in [0.05, 0.1) is 5.69 Å². The van der Waals surface area contributed by atoms with E-state index >= 15 is 0 Å². The molecule has 2 amide bonds. The minimum Gasteiger partial charge on any atom is -0.355 e. The second-order valence-corrected chi connectivity index (χ2v) is 5.72. The maximum atomic E-state index is 13.6. The Morgan fingerprint density at radius 1 is 1.09 bits per heavy atom. The predicted molar refractivity (Wildman–Crippen MR) is 79.1 cm³/mol. The number of rotatable bonds is 7. The largest absolute Gasteiger partial charge is 0.355 e. The van der Waals surface area contributed by atoms with Crippen molar-refractivity contribution < 1.29 is 22.8 Å². The molecule has 0 saturated heterocycles. The fourth-order valence-corrected chi connectivity index (χ4v) is 2.29. The molecular formula is C16H19F3N2O2. The van der Waals surface area contributed by atoms with Gasteiger partial charge in [-0.25, -0.2) is 13.2 Å². The molecule has 1 saturated carbocycles. The summed E-state index contributed by atoms with van der Waals surface area (Å²) in [5, 5.41) is 4.88. The van der Waals surface area contributed by atoms with Crippen LogP contribution in [0.15, 0.2) is 12.1 Å². The number of hydrogen-bond acceptors (Lipinski definition) is 2. The third-order valence-electron chi connectivity index (χ3n) is 3.97. The Morgan fingerprint density at radius 3 is 2.39 bits per heavy atom. The number of halogens is 3. The number of amides is 2. The van der Waals surface area contributed by atoms with E-state index in [1.54, 1.807) is 0 Å². The zero-order chi connectivity index (χ0) is 17.0. The van der Waals surface area contributed by atoms with Crippen LogP contribution in [0.4, 0.5) is 18.9 Å². The highest BCUT2D eigenvalue weighted by Gasteiger charge is 2.56. The third kappa shape index (κ3) is 3.65. The van der Waals surface area contributed by atoms with Crippen LogP contribution in [0, 0.1) is 22.9 Å². The fourth-order valence-electron chi connectivity index (χ4n) is 2.29. The van der Waals surface area contributed by atoms with Gasteiger partial charge in [0.2, 0.25) is 11.8 Å². The number of anilines is 1. The molecule has 7 heteroatoms. The lowest BCUT2D eigenvalue weighted by Gasteiger charge is -2.16. The summed E-state index contributed by atoms with van der Waals surface area (Å²) in [5.74, 6) is -5.58. The van der Waals surface area contributed by atoms with Gasteiger partial charge in [0.1, 0.15) is 5.41 Å². The molecule has 0 heterocycles. The van der Waals surface area contributed by atoms with Crippen molar-refractivity contribution in [1.29, 1.82) is 0 Å². The first kappa shape index (κ1) is 17.3. The third-order valence-corrected chi connectivity index (χ3v) is 3.97. The molecule has 0 atom stereocenters. The second kappa shape index (κ2) is 7.02. The summed E-state index contributed by atoms with van der Waals surface area (Å²) in [6.45, 7) is 2.51. The second-order valence-electron chi connectivity index (χ2n) is 5.72. The Balaban J connectivity index is 2.00. The van der Waals surface area contributed by atoms with Gasteiger partial charge in [0.25, 0.3) is 0 Å². The number of hydrogen-bond donors (Lipinski definition) is 2. The lowest BCUT2D eigenvalue weighted by Crippen LogP contribution is -2.40. The summed E-state index contributed by atoms with van der Waals surface area (Å²) >= 11 is 0. The summed E-state index contributed by atoms with van der Waals surface area (Å²) in [7, 11) is 0. The van der Waals surface area contributed by atoms with Gasteiger partial charge in [0, 0.05) is 6.54 Å². The average molecular weight is 328 g/mol. The van der Waals surface area contributed by atoms with Gasteiger partial charge in [-0.05, 0) is 31.4 Å².